The minimum absolute atomic E-state index is 0.0907. The molecule has 0 aliphatic heterocycles. The Balaban J connectivity index is 2.85. The predicted octanol–water partition coefficient (Wildman–Crippen LogP) is 1.16. The number of rotatable bonds is 1. The topological polar surface area (TPSA) is 102 Å². The molecule has 0 atom stereocenters. The van der Waals surface area contributed by atoms with Crippen LogP contribution in [0.25, 0.3) is 10.2 Å². The van der Waals surface area contributed by atoms with Gasteiger partial charge in [0, 0.05) is 5.69 Å². The number of benzene rings is 1. The number of anilines is 2. The predicted molar refractivity (Wildman–Crippen MR) is 55.4 cm³/mol. The molecule has 0 saturated heterocycles. The molecule has 5 N–H and O–H groups in total. The highest BCUT2D eigenvalue weighted by atomic mass is 32.1. The lowest BCUT2D eigenvalue weighted by Gasteiger charge is -1.97. The number of nitrogen functional groups attached to an aromatic ring is 2. The molecule has 0 bridgehead atoms. The molecule has 0 aliphatic rings. The summed E-state index contributed by atoms with van der Waals surface area (Å²) < 4.78 is 0.694. The van der Waals surface area contributed by atoms with Crippen molar-refractivity contribution in [2.45, 2.75) is 0 Å². The SMILES string of the molecule is Nc1cc(C(=O)O)c2nc(N)sc2c1. The van der Waals surface area contributed by atoms with Crippen molar-refractivity contribution in [3.8, 4) is 0 Å². The van der Waals surface area contributed by atoms with Crippen molar-refractivity contribution >= 4 is 38.3 Å². The van der Waals surface area contributed by atoms with Gasteiger partial charge in [0.15, 0.2) is 5.13 Å². The van der Waals surface area contributed by atoms with Crippen LogP contribution in [0.5, 0.6) is 0 Å². The van der Waals surface area contributed by atoms with Gasteiger partial charge in [0.2, 0.25) is 0 Å². The van der Waals surface area contributed by atoms with Gasteiger partial charge in [0.1, 0.15) is 0 Å². The van der Waals surface area contributed by atoms with Gasteiger partial charge in [-0.15, -0.1) is 0 Å². The van der Waals surface area contributed by atoms with Crippen LogP contribution in [-0.2, 0) is 0 Å². The average Bonchev–Trinajstić information content (AvgIpc) is 2.42. The molecule has 0 saturated carbocycles. The van der Waals surface area contributed by atoms with Crippen molar-refractivity contribution in [3.63, 3.8) is 0 Å². The van der Waals surface area contributed by atoms with E-state index in [0.717, 1.165) is 0 Å². The summed E-state index contributed by atoms with van der Waals surface area (Å²) in [4.78, 5) is 14.8. The van der Waals surface area contributed by atoms with Crippen LogP contribution in [0.2, 0.25) is 0 Å². The zero-order valence-corrected chi connectivity index (χ0v) is 7.84. The highest BCUT2D eigenvalue weighted by Crippen LogP contribution is 2.28. The van der Waals surface area contributed by atoms with E-state index in [0.29, 0.717) is 21.0 Å². The summed E-state index contributed by atoms with van der Waals surface area (Å²) in [5.74, 6) is -1.05. The average molecular weight is 209 g/mol. The fourth-order valence-electron chi connectivity index (χ4n) is 1.23. The zero-order valence-electron chi connectivity index (χ0n) is 7.02. The Labute approximate surface area is 83.0 Å². The molecule has 2 rings (SSSR count). The summed E-state index contributed by atoms with van der Waals surface area (Å²) in [6.45, 7) is 0. The van der Waals surface area contributed by atoms with Crippen LogP contribution in [-0.4, -0.2) is 16.1 Å². The van der Waals surface area contributed by atoms with Crippen LogP contribution in [0.4, 0.5) is 10.8 Å². The van der Waals surface area contributed by atoms with Crippen molar-refractivity contribution in [1.82, 2.24) is 4.98 Å². The molecule has 1 heterocycles. The standard InChI is InChI=1S/C8H7N3O2S/c9-3-1-4(7(12)13)6-5(2-3)14-8(10)11-6/h1-2H,9H2,(H2,10,11)(H,12,13). The molecular weight excluding hydrogens is 202 g/mol. The first-order chi connectivity index (χ1) is 6.58. The molecule has 6 heteroatoms. The van der Waals surface area contributed by atoms with E-state index < -0.39 is 5.97 Å². The highest BCUT2D eigenvalue weighted by Gasteiger charge is 2.13. The second-order valence-electron chi connectivity index (χ2n) is 2.77. The third kappa shape index (κ3) is 1.25. The summed E-state index contributed by atoms with van der Waals surface area (Å²) in [5.41, 5.74) is 11.9. The zero-order chi connectivity index (χ0) is 10.3. The summed E-state index contributed by atoms with van der Waals surface area (Å²) in [6.07, 6.45) is 0. The monoisotopic (exact) mass is 209 g/mol. The van der Waals surface area contributed by atoms with Gasteiger partial charge in [-0.05, 0) is 12.1 Å². The normalized spacial score (nSPS) is 10.6. The van der Waals surface area contributed by atoms with E-state index in [1.165, 1.54) is 17.4 Å². The van der Waals surface area contributed by atoms with Crippen molar-refractivity contribution < 1.29 is 9.90 Å². The van der Waals surface area contributed by atoms with E-state index >= 15 is 0 Å². The van der Waals surface area contributed by atoms with Gasteiger partial charge >= 0.3 is 5.97 Å². The lowest BCUT2D eigenvalue weighted by Crippen LogP contribution is -1.99. The fraction of sp³-hybridized carbons (Fsp3) is 0. The van der Waals surface area contributed by atoms with Gasteiger partial charge in [-0.2, -0.15) is 0 Å². The summed E-state index contributed by atoms with van der Waals surface area (Å²) in [7, 11) is 0. The van der Waals surface area contributed by atoms with E-state index in [2.05, 4.69) is 4.98 Å². The number of carboxylic acid groups (broad SMARTS) is 1. The third-order valence-electron chi connectivity index (χ3n) is 1.76. The number of carboxylic acids is 1. The van der Waals surface area contributed by atoms with E-state index in [9.17, 15) is 4.79 Å². The minimum Gasteiger partial charge on any atom is -0.478 e. The Kier molecular flexibility index (Phi) is 1.78. The molecule has 5 nitrogen and oxygen atoms in total. The van der Waals surface area contributed by atoms with Crippen LogP contribution in [0.1, 0.15) is 10.4 Å². The molecule has 14 heavy (non-hydrogen) atoms. The summed E-state index contributed by atoms with van der Waals surface area (Å²) >= 11 is 1.22. The molecule has 1 aromatic heterocycles. The number of hydrogen-bond acceptors (Lipinski definition) is 5. The van der Waals surface area contributed by atoms with Crippen molar-refractivity contribution in [3.05, 3.63) is 17.7 Å². The molecule has 1 aromatic carbocycles. The molecular formula is C8H7N3O2S. The molecule has 2 aromatic rings. The number of nitrogens with zero attached hydrogens (tertiary/aromatic N) is 1. The lowest BCUT2D eigenvalue weighted by molar-refractivity contribution is 0.0699. The molecule has 0 radical (unpaired) electrons. The number of thiazole rings is 1. The molecule has 0 unspecified atom stereocenters. The Bertz CT molecular complexity index is 521. The number of aromatic carboxylic acids is 1. The quantitative estimate of drug-likeness (QED) is 0.611. The number of carbonyl (C=O) groups is 1. The van der Waals surface area contributed by atoms with E-state index in [4.69, 9.17) is 16.6 Å². The molecule has 0 aliphatic carbocycles. The fourth-order valence-corrected chi connectivity index (χ4v) is 2.04. The van der Waals surface area contributed by atoms with E-state index in [-0.39, 0.29) is 5.56 Å². The number of hydrogen-bond donors (Lipinski definition) is 3. The first kappa shape index (κ1) is 8.76. The van der Waals surface area contributed by atoms with Crippen LogP contribution >= 0.6 is 11.3 Å². The molecule has 0 fully saturated rings. The molecule has 0 spiro atoms. The summed E-state index contributed by atoms with van der Waals surface area (Å²) in [5, 5.41) is 9.23. The number of fused-ring (bicyclic) bond motifs is 1. The van der Waals surface area contributed by atoms with Gasteiger partial charge in [0.05, 0.1) is 15.8 Å². The Morgan fingerprint density at radius 1 is 1.43 bits per heavy atom. The van der Waals surface area contributed by atoms with Crippen LogP contribution in [0.15, 0.2) is 12.1 Å². The van der Waals surface area contributed by atoms with Crippen molar-refractivity contribution in [1.29, 1.82) is 0 Å². The third-order valence-corrected chi connectivity index (χ3v) is 2.60. The van der Waals surface area contributed by atoms with Crippen LogP contribution in [0, 0.1) is 0 Å². The minimum atomic E-state index is -1.05. The first-order valence-electron chi connectivity index (χ1n) is 3.77. The Hall–Kier alpha value is -1.82. The number of nitrogens with two attached hydrogens (primary N) is 2. The van der Waals surface area contributed by atoms with E-state index in [1.54, 1.807) is 6.07 Å². The van der Waals surface area contributed by atoms with Crippen LogP contribution < -0.4 is 11.5 Å². The Morgan fingerprint density at radius 2 is 2.14 bits per heavy atom. The highest BCUT2D eigenvalue weighted by molar-refractivity contribution is 7.22. The molecule has 72 valence electrons. The number of aromatic nitrogens is 1. The Morgan fingerprint density at radius 3 is 2.79 bits per heavy atom. The lowest BCUT2D eigenvalue weighted by atomic mass is 10.2. The first-order valence-corrected chi connectivity index (χ1v) is 4.58. The van der Waals surface area contributed by atoms with Gasteiger partial charge in [-0.25, -0.2) is 9.78 Å². The maximum Gasteiger partial charge on any atom is 0.338 e. The van der Waals surface area contributed by atoms with E-state index in [1.807, 2.05) is 0 Å². The van der Waals surface area contributed by atoms with Gasteiger partial charge in [-0.3, -0.25) is 0 Å². The van der Waals surface area contributed by atoms with Crippen molar-refractivity contribution in [2.24, 2.45) is 0 Å². The summed E-state index contributed by atoms with van der Waals surface area (Å²) in [6, 6.07) is 3.04. The smallest absolute Gasteiger partial charge is 0.338 e. The second-order valence-corrected chi connectivity index (χ2v) is 3.83. The van der Waals surface area contributed by atoms with Gasteiger partial charge < -0.3 is 16.6 Å². The second kappa shape index (κ2) is 2.85. The van der Waals surface area contributed by atoms with Crippen LogP contribution in [0.3, 0.4) is 0 Å². The van der Waals surface area contributed by atoms with Gasteiger partial charge in [0.25, 0.3) is 0 Å². The maximum absolute atomic E-state index is 10.8. The maximum atomic E-state index is 10.8. The largest absolute Gasteiger partial charge is 0.478 e. The molecule has 0 amide bonds. The van der Waals surface area contributed by atoms with Gasteiger partial charge in [-0.1, -0.05) is 11.3 Å². The van der Waals surface area contributed by atoms with Crippen molar-refractivity contribution in [2.75, 3.05) is 11.5 Å².